The first-order valence-electron chi connectivity index (χ1n) is 3.98. The van der Waals surface area contributed by atoms with Crippen LogP contribution in [0.2, 0.25) is 0 Å². The quantitative estimate of drug-likeness (QED) is 0.694. The number of aromatic amines is 1. The molecule has 5 heteroatoms. The Labute approximate surface area is 79.4 Å². The molecule has 1 heterocycles. The molecular weight excluding hydrogens is 189 g/mol. The lowest BCUT2D eigenvalue weighted by Gasteiger charge is -2.18. The molecule has 14 heavy (non-hydrogen) atoms. The fourth-order valence-electron chi connectivity index (χ4n) is 0.994. The molecular formula is C9H10FNO3. The Morgan fingerprint density at radius 1 is 1.50 bits per heavy atom. The van der Waals surface area contributed by atoms with Crippen LogP contribution in [0, 0.1) is 5.95 Å². The molecule has 1 aromatic heterocycles. The van der Waals surface area contributed by atoms with E-state index in [9.17, 15) is 14.0 Å². The summed E-state index contributed by atoms with van der Waals surface area (Å²) in [4.78, 5) is 23.6. The van der Waals surface area contributed by atoms with Crippen molar-refractivity contribution in [3.8, 4) is 0 Å². The van der Waals surface area contributed by atoms with Crippen LogP contribution in [-0.2, 0) is 10.2 Å². The molecule has 0 amide bonds. The van der Waals surface area contributed by atoms with Crippen molar-refractivity contribution < 1.29 is 14.3 Å². The molecule has 4 nitrogen and oxygen atoms in total. The number of nitrogens with one attached hydrogen (secondary N) is 1. The van der Waals surface area contributed by atoms with Crippen molar-refractivity contribution in [1.82, 2.24) is 4.98 Å². The zero-order valence-electron chi connectivity index (χ0n) is 7.80. The number of H-pyrrole nitrogens is 1. The fourth-order valence-corrected chi connectivity index (χ4v) is 0.994. The number of hydrogen-bond donors (Lipinski definition) is 2. The van der Waals surface area contributed by atoms with Crippen LogP contribution in [-0.4, -0.2) is 16.1 Å². The zero-order valence-corrected chi connectivity index (χ0v) is 7.80. The summed E-state index contributed by atoms with van der Waals surface area (Å²) in [6.07, 6.45) is 0. The van der Waals surface area contributed by atoms with Crippen LogP contribution in [0.3, 0.4) is 0 Å². The summed E-state index contributed by atoms with van der Waals surface area (Å²) in [7, 11) is 0. The highest BCUT2D eigenvalue weighted by Crippen LogP contribution is 2.21. The van der Waals surface area contributed by atoms with Crippen LogP contribution in [0.1, 0.15) is 19.4 Å². The highest BCUT2D eigenvalue weighted by atomic mass is 19.1. The predicted molar refractivity (Wildman–Crippen MR) is 47.7 cm³/mol. The summed E-state index contributed by atoms with van der Waals surface area (Å²) in [5.41, 5.74) is -1.77. The molecule has 0 atom stereocenters. The first kappa shape index (κ1) is 10.4. The molecule has 0 fully saturated rings. The van der Waals surface area contributed by atoms with Crippen molar-refractivity contribution in [2.45, 2.75) is 19.3 Å². The second-order valence-corrected chi connectivity index (χ2v) is 3.51. The minimum absolute atomic E-state index is 0.145. The maximum Gasteiger partial charge on any atom is 0.313 e. The van der Waals surface area contributed by atoms with Crippen LogP contribution in [0.15, 0.2) is 16.9 Å². The maximum atomic E-state index is 12.8. The Hall–Kier alpha value is -1.65. The summed E-state index contributed by atoms with van der Waals surface area (Å²) >= 11 is 0. The summed E-state index contributed by atoms with van der Waals surface area (Å²) < 4.78 is 12.8. The van der Waals surface area contributed by atoms with Crippen molar-refractivity contribution in [2.75, 3.05) is 0 Å². The Balaban J connectivity index is 3.32. The van der Waals surface area contributed by atoms with Crippen molar-refractivity contribution in [1.29, 1.82) is 0 Å². The molecule has 0 aliphatic carbocycles. The van der Waals surface area contributed by atoms with Crippen molar-refractivity contribution in [3.05, 3.63) is 34.0 Å². The number of rotatable bonds is 2. The van der Waals surface area contributed by atoms with E-state index in [0.29, 0.717) is 0 Å². The van der Waals surface area contributed by atoms with Gasteiger partial charge in [-0.05, 0) is 25.5 Å². The topological polar surface area (TPSA) is 70.2 Å². The van der Waals surface area contributed by atoms with Crippen molar-refractivity contribution >= 4 is 5.97 Å². The molecule has 76 valence electrons. The van der Waals surface area contributed by atoms with Gasteiger partial charge in [0.05, 0.1) is 5.41 Å². The molecule has 0 unspecified atom stereocenters. The zero-order chi connectivity index (χ0) is 10.9. The van der Waals surface area contributed by atoms with Gasteiger partial charge in [-0.1, -0.05) is 0 Å². The number of hydrogen-bond acceptors (Lipinski definition) is 2. The van der Waals surface area contributed by atoms with Gasteiger partial charge in [0.25, 0.3) is 0 Å². The molecule has 0 spiro atoms. The highest BCUT2D eigenvalue weighted by molar-refractivity contribution is 5.80. The van der Waals surface area contributed by atoms with Gasteiger partial charge >= 0.3 is 5.97 Å². The number of carboxylic acids is 1. The van der Waals surface area contributed by atoms with E-state index in [4.69, 9.17) is 5.11 Å². The SMILES string of the molecule is CC(C)(C(=O)O)c1cc(F)[nH]c(=O)c1. The van der Waals surface area contributed by atoms with E-state index >= 15 is 0 Å². The Kier molecular flexibility index (Phi) is 2.42. The van der Waals surface area contributed by atoms with Gasteiger partial charge in [0.2, 0.25) is 5.56 Å². The lowest BCUT2D eigenvalue weighted by Crippen LogP contribution is -2.30. The van der Waals surface area contributed by atoms with E-state index in [2.05, 4.69) is 0 Å². The molecule has 0 aliphatic heterocycles. The molecule has 1 rings (SSSR count). The van der Waals surface area contributed by atoms with Gasteiger partial charge in [0.1, 0.15) is 0 Å². The summed E-state index contributed by atoms with van der Waals surface area (Å²) in [5, 5.41) is 8.84. The largest absolute Gasteiger partial charge is 0.481 e. The third-order valence-corrected chi connectivity index (χ3v) is 2.07. The van der Waals surface area contributed by atoms with E-state index < -0.39 is 22.9 Å². The van der Waals surface area contributed by atoms with Gasteiger partial charge in [-0.3, -0.25) is 14.6 Å². The van der Waals surface area contributed by atoms with Gasteiger partial charge in [-0.15, -0.1) is 0 Å². The summed E-state index contributed by atoms with van der Waals surface area (Å²) in [5.74, 6) is -1.94. The normalized spacial score (nSPS) is 11.4. The van der Waals surface area contributed by atoms with Gasteiger partial charge in [-0.25, -0.2) is 0 Å². The molecule has 0 saturated carbocycles. The average molecular weight is 199 g/mol. The monoisotopic (exact) mass is 199 g/mol. The second kappa shape index (κ2) is 3.25. The Morgan fingerprint density at radius 3 is 2.50 bits per heavy atom. The van der Waals surface area contributed by atoms with Gasteiger partial charge in [0.15, 0.2) is 5.95 Å². The van der Waals surface area contributed by atoms with E-state index in [0.717, 1.165) is 12.1 Å². The molecule has 0 aromatic carbocycles. The number of carboxylic acid groups (broad SMARTS) is 1. The highest BCUT2D eigenvalue weighted by Gasteiger charge is 2.30. The van der Waals surface area contributed by atoms with Crippen LogP contribution < -0.4 is 5.56 Å². The number of carbonyl (C=O) groups is 1. The smallest absolute Gasteiger partial charge is 0.313 e. The maximum absolute atomic E-state index is 12.8. The minimum atomic E-state index is -1.27. The first-order valence-corrected chi connectivity index (χ1v) is 3.98. The lowest BCUT2D eigenvalue weighted by molar-refractivity contribution is -0.142. The van der Waals surface area contributed by atoms with E-state index in [-0.39, 0.29) is 5.56 Å². The van der Waals surface area contributed by atoms with Crippen molar-refractivity contribution in [3.63, 3.8) is 0 Å². The van der Waals surface area contributed by atoms with Gasteiger partial charge in [-0.2, -0.15) is 4.39 Å². The molecule has 1 aromatic rings. The molecule has 0 aliphatic rings. The van der Waals surface area contributed by atoms with Crippen LogP contribution >= 0.6 is 0 Å². The number of aromatic nitrogens is 1. The number of aliphatic carboxylic acids is 1. The lowest BCUT2D eigenvalue weighted by atomic mass is 9.85. The van der Waals surface area contributed by atoms with Gasteiger partial charge in [0, 0.05) is 6.07 Å². The van der Waals surface area contributed by atoms with Crippen LogP contribution in [0.4, 0.5) is 4.39 Å². The minimum Gasteiger partial charge on any atom is -0.481 e. The predicted octanol–water partition coefficient (Wildman–Crippen LogP) is 0.876. The van der Waals surface area contributed by atoms with E-state index in [1.54, 1.807) is 0 Å². The fraction of sp³-hybridized carbons (Fsp3) is 0.333. The molecule has 0 saturated heterocycles. The third kappa shape index (κ3) is 1.81. The molecule has 0 radical (unpaired) electrons. The third-order valence-electron chi connectivity index (χ3n) is 2.07. The summed E-state index contributed by atoms with van der Waals surface area (Å²) in [6.45, 7) is 2.81. The van der Waals surface area contributed by atoms with Crippen LogP contribution in [0.25, 0.3) is 0 Å². The summed E-state index contributed by atoms with van der Waals surface area (Å²) in [6, 6.07) is 2.09. The first-order chi connectivity index (χ1) is 6.34. The molecule has 2 N–H and O–H groups in total. The molecule has 0 bridgehead atoms. The second-order valence-electron chi connectivity index (χ2n) is 3.51. The standard InChI is InChI=1S/C9H10FNO3/c1-9(2,8(13)14)5-3-6(10)11-7(12)4-5/h3-4H,1-2H3,(H,11,12)(H,13,14). The average Bonchev–Trinajstić information content (AvgIpc) is 2.01. The van der Waals surface area contributed by atoms with E-state index in [1.165, 1.54) is 13.8 Å². The Bertz CT molecular complexity index is 422. The van der Waals surface area contributed by atoms with Crippen molar-refractivity contribution in [2.24, 2.45) is 0 Å². The Morgan fingerprint density at radius 2 is 2.07 bits per heavy atom. The van der Waals surface area contributed by atoms with Gasteiger partial charge < -0.3 is 5.11 Å². The number of halogens is 1. The number of pyridine rings is 1. The van der Waals surface area contributed by atoms with Crippen LogP contribution in [0.5, 0.6) is 0 Å². The van der Waals surface area contributed by atoms with E-state index in [1.807, 2.05) is 4.98 Å².